The van der Waals surface area contributed by atoms with E-state index in [0.717, 1.165) is 5.39 Å². The molecule has 0 saturated carbocycles. The zero-order chi connectivity index (χ0) is 24.7. The van der Waals surface area contributed by atoms with Gasteiger partial charge in [-0.15, -0.1) is 0 Å². The number of pyridine rings is 1. The number of aromatic carboxylic acids is 1. The third kappa shape index (κ3) is 3.76. The smallest absolute Gasteiger partial charge is 0.354 e. The van der Waals surface area contributed by atoms with Crippen LogP contribution in [0, 0.1) is 6.57 Å². The SMILES string of the molecule is [C-]#[N+]c1ccc2c(c1)[nH]c1c(-c3ccc(N(C)S(=O)(=O)c4ccccc4)cc3)nc(C(=O)O)cc12. The molecule has 2 N–H and O–H groups in total. The summed E-state index contributed by atoms with van der Waals surface area (Å²) in [5, 5.41) is 11.1. The molecular formula is C26H18N4O4S. The highest BCUT2D eigenvalue weighted by Gasteiger charge is 2.22. The molecular weight excluding hydrogens is 464 g/mol. The van der Waals surface area contributed by atoms with Crippen molar-refractivity contribution < 1.29 is 18.3 Å². The molecule has 0 amide bonds. The maximum Gasteiger partial charge on any atom is 0.354 e. The Kier molecular flexibility index (Phi) is 5.23. The van der Waals surface area contributed by atoms with Gasteiger partial charge in [0, 0.05) is 28.9 Å². The summed E-state index contributed by atoms with van der Waals surface area (Å²) >= 11 is 0. The van der Waals surface area contributed by atoms with Crippen molar-refractivity contribution >= 4 is 49.2 Å². The van der Waals surface area contributed by atoms with Gasteiger partial charge in [-0.3, -0.25) is 4.31 Å². The van der Waals surface area contributed by atoms with Gasteiger partial charge in [0.2, 0.25) is 0 Å². The lowest BCUT2D eigenvalue weighted by Crippen LogP contribution is -2.26. The Morgan fingerprint density at radius 3 is 2.37 bits per heavy atom. The molecule has 5 aromatic rings. The number of hydrogen-bond donors (Lipinski definition) is 2. The lowest BCUT2D eigenvalue weighted by atomic mass is 10.1. The average Bonchev–Trinajstić information content (AvgIpc) is 3.26. The number of carbonyl (C=O) groups is 1. The highest BCUT2D eigenvalue weighted by atomic mass is 32.2. The van der Waals surface area contributed by atoms with Crippen LogP contribution in [-0.2, 0) is 10.0 Å². The summed E-state index contributed by atoms with van der Waals surface area (Å²) in [4.78, 5) is 23.0. The minimum Gasteiger partial charge on any atom is -0.477 e. The number of carboxylic acid groups (broad SMARTS) is 1. The van der Waals surface area contributed by atoms with E-state index in [1.165, 1.54) is 29.6 Å². The van der Waals surface area contributed by atoms with Crippen LogP contribution in [0.3, 0.4) is 0 Å². The van der Waals surface area contributed by atoms with Gasteiger partial charge in [-0.25, -0.2) is 23.0 Å². The number of fused-ring (bicyclic) bond motifs is 3. The molecule has 0 fully saturated rings. The molecule has 2 aromatic heterocycles. The van der Waals surface area contributed by atoms with Gasteiger partial charge in [0.05, 0.1) is 28.4 Å². The van der Waals surface area contributed by atoms with Crippen LogP contribution in [0.25, 0.3) is 37.9 Å². The topological polar surface area (TPSA) is 108 Å². The quantitative estimate of drug-likeness (QED) is 0.324. The molecule has 0 aliphatic heterocycles. The van der Waals surface area contributed by atoms with Gasteiger partial charge in [0.1, 0.15) is 5.69 Å². The summed E-state index contributed by atoms with van der Waals surface area (Å²) in [7, 11) is -2.26. The normalized spacial score (nSPS) is 11.4. The van der Waals surface area contributed by atoms with Crippen molar-refractivity contribution in [2.45, 2.75) is 4.90 Å². The molecule has 8 nitrogen and oxygen atoms in total. The summed E-state index contributed by atoms with van der Waals surface area (Å²) in [6.45, 7) is 7.25. The highest BCUT2D eigenvalue weighted by molar-refractivity contribution is 7.92. The van der Waals surface area contributed by atoms with E-state index >= 15 is 0 Å². The van der Waals surface area contributed by atoms with Crippen LogP contribution >= 0.6 is 0 Å². The van der Waals surface area contributed by atoms with Crippen LogP contribution in [0.5, 0.6) is 0 Å². The van der Waals surface area contributed by atoms with E-state index < -0.39 is 16.0 Å². The molecule has 5 rings (SSSR count). The first-order valence-electron chi connectivity index (χ1n) is 10.5. The van der Waals surface area contributed by atoms with Crippen LogP contribution < -0.4 is 4.31 Å². The van der Waals surface area contributed by atoms with Gasteiger partial charge in [-0.2, -0.15) is 0 Å². The van der Waals surface area contributed by atoms with E-state index in [2.05, 4.69) is 14.8 Å². The Bertz CT molecular complexity index is 1750. The zero-order valence-electron chi connectivity index (χ0n) is 18.4. The summed E-state index contributed by atoms with van der Waals surface area (Å²) < 4.78 is 27.1. The first kappa shape index (κ1) is 22.1. The Morgan fingerprint density at radius 1 is 1.00 bits per heavy atom. The van der Waals surface area contributed by atoms with Crippen molar-refractivity contribution in [3.8, 4) is 11.3 Å². The number of sulfonamides is 1. The molecule has 0 aliphatic rings. The minimum absolute atomic E-state index is 0.115. The van der Waals surface area contributed by atoms with Crippen LogP contribution in [-0.4, -0.2) is 36.5 Å². The number of anilines is 1. The number of nitrogens with one attached hydrogen (secondary N) is 1. The number of nitrogens with zero attached hydrogens (tertiary/aromatic N) is 3. The molecule has 0 unspecified atom stereocenters. The van der Waals surface area contributed by atoms with Gasteiger partial charge in [0.25, 0.3) is 10.0 Å². The Balaban J connectivity index is 1.62. The second-order valence-electron chi connectivity index (χ2n) is 7.88. The highest BCUT2D eigenvalue weighted by Crippen LogP contribution is 2.35. The maximum absolute atomic E-state index is 13.0. The van der Waals surface area contributed by atoms with Gasteiger partial charge in [-0.1, -0.05) is 42.5 Å². The fraction of sp³-hybridized carbons (Fsp3) is 0.0385. The van der Waals surface area contributed by atoms with Gasteiger partial charge < -0.3 is 10.1 Å². The van der Waals surface area contributed by atoms with Crippen LogP contribution in [0.15, 0.2) is 83.8 Å². The molecule has 9 heteroatoms. The first-order valence-corrected chi connectivity index (χ1v) is 12.0. The monoisotopic (exact) mass is 482 g/mol. The van der Waals surface area contributed by atoms with E-state index in [1.807, 2.05) is 0 Å². The number of H-pyrrole nitrogens is 1. The lowest BCUT2D eigenvalue weighted by Gasteiger charge is -2.19. The number of carboxylic acids is 1. The van der Waals surface area contributed by atoms with Crippen molar-refractivity contribution in [2.24, 2.45) is 0 Å². The molecule has 0 saturated heterocycles. The number of hydrogen-bond acceptors (Lipinski definition) is 4. The largest absolute Gasteiger partial charge is 0.477 e. The van der Waals surface area contributed by atoms with Crippen molar-refractivity contribution in [1.82, 2.24) is 9.97 Å². The number of benzene rings is 3. The minimum atomic E-state index is -3.74. The Labute approximate surface area is 201 Å². The molecule has 2 heterocycles. The summed E-state index contributed by atoms with van der Waals surface area (Å²) in [6, 6.07) is 21.5. The van der Waals surface area contributed by atoms with Crippen molar-refractivity contribution in [3.63, 3.8) is 0 Å². The molecule has 0 bridgehead atoms. The number of rotatable bonds is 5. The second-order valence-corrected chi connectivity index (χ2v) is 9.85. The van der Waals surface area contributed by atoms with Crippen molar-refractivity contribution in [3.05, 3.63) is 96.0 Å². The van der Waals surface area contributed by atoms with Crippen molar-refractivity contribution in [1.29, 1.82) is 0 Å². The van der Waals surface area contributed by atoms with Gasteiger partial charge in [-0.05, 0) is 36.4 Å². The predicted molar refractivity (Wildman–Crippen MR) is 134 cm³/mol. The molecule has 0 spiro atoms. The number of aromatic amines is 1. The lowest BCUT2D eigenvalue weighted by molar-refractivity contribution is 0.0691. The molecule has 0 aliphatic carbocycles. The standard InChI is InChI=1S/C26H18N4O4S/c1-27-17-10-13-20-21-15-23(26(31)32)29-24(25(21)28-22(20)14-17)16-8-11-18(12-9-16)30(2)35(33,34)19-6-4-3-5-7-19/h3-15,28H,2H3,(H,31,32). The second kappa shape index (κ2) is 8.27. The van der Waals surface area contributed by atoms with E-state index in [1.54, 1.807) is 60.7 Å². The molecule has 0 atom stereocenters. The van der Waals surface area contributed by atoms with E-state index in [4.69, 9.17) is 6.57 Å². The van der Waals surface area contributed by atoms with E-state index in [0.29, 0.717) is 39.1 Å². The molecule has 3 aromatic carbocycles. The summed E-state index contributed by atoms with van der Waals surface area (Å²) in [5.74, 6) is -1.16. The Hall–Kier alpha value is -4.68. The average molecular weight is 483 g/mol. The third-order valence-electron chi connectivity index (χ3n) is 5.83. The van der Waals surface area contributed by atoms with E-state index in [9.17, 15) is 18.3 Å². The first-order chi connectivity index (χ1) is 16.8. The van der Waals surface area contributed by atoms with Crippen molar-refractivity contribution in [2.75, 3.05) is 11.4 Å². The maximum atomic E-state index is 13.0. The molecule has 172 valence electrons. The molecule has 0 radical (unpaired) electrons. The zero-order valence-corrected chi connectivity index (χ0v) is 19.2. The van der Waals surface area contributed by atoms with Gasteiger partial charge >= 0.3 is 5.97 Å². The number of aromatic nitrogens is 2. The molecule has 35 heavy (non-hydrogen) atoms. The third-order valence-corrected chi connectivity index (χ3v) is 7.63. The van der Waals surface area contributed by atoms with Crippen LogP contribution in [0.1, 0.15) is 10.5 Å². The summed E-state index contributed by atoms with van der Waals surface area (Å²) in [6.07, 6.45) is 0. The van der Waals surface area contributed by atoms with Crippen LogP contribution in [0.2, 0.25) is 0 Å². The predicted octanol–water partition coefficient (Wildman–Crippen LogP) is 5.46. The van der Waals surface area contributed by atoms with E-state index in [-0.39, 0.29) is 10.6 Å². The van der Waals surface area contributed by atoms with Crippen LogP contribution in [0.4, 0.5) is 11.4 Å². The Morgan fingerprint density at radius 2 is 1.71 bits per heavy atom. The van der Waals surface area contributed by atoms with Gasteiger partial charge in [0.15, 0.2) is 5.69 Å². The summed E-state index contributed by atoms with van der Waals surface area (Å²) in [5.41, 5.74) is 3.15. The fourth-order valence-corrected chi connectivity index (χ4v) is 5.21. The fourth-order valence-electron chi connectivity index (χ4n) is 4.00.